The summed E-state index contributed by atoms with van der Waals surface area (Å²) in [5.41, 5.74) is 3.09. The van der Waals surface area contributed by atoms with Gasteiger partial charge in [0.1, 0.15) is 5.75 Å². The van der Waals surface area contributed by atoms with Gasteiger partial charge < -0.3 is 20.5 Å². The second kappa shape index (κ2) is 15.7. The fourth-order valence-electron chi connectivity index (χ4n) is 4.18. The average molecular weight is 534 g/mol. The van der Waals surface area contributed by atoms with E-state index in [0.717, 1.165) is 35.3 Å². The molecule has 0 radical (unpaired) electrons. The van der Waals surface area contributed by atoms with Crippen molar-refractivity contribution >= 4 is 15.9 Å². The topological polar surface area (TPSA) is 108 Å². The van der Waals surface area contributed by atoms with Crippen LogP contribution < -0.4 is 15.4 Å². The molecule has 0 saturated carbocycles. The van der Waals surface area contributed by atoms with Crippen molar-refractivity contribution in [1.29, 1.82) is 0 Å². The maximum Gasteiger partial charge on any atom is 0.221 e. The minimum atomic E-state index is -3.53. The monoisotopic (exact) mass is 533 g/mol. The fourth-order valence-corrected chi connectivity index (χ4v) is 5.81. The van der Waals surface area contributed by atoms with E-state index in [-0.39, 0.29) is 24.6 Å². The van der Waals surface area contributed by atoms with E-state index in [0.29, 0.717) is 26.1 Å². The first-order valence-electron chi connectivity index (χ1n) is 13.0. The van der Waals surface area contributed by atoms with Gasteiger partial charge in [-0.3, -0.25) is 4.79 Å². The van der Waals surface area contributed by atoms with Gasteiger partial charge in [-0.25, -0.2) is 12.7 Å². The van der Waals surface area contributed by atoms with Crippen molar-refractivity contribution in [3.8, 4) is 5.75 Å². The molecule has 0 aliphatic heterocycles. The highest BCUT2D eigenvalue weighted by molar-refractivity contribution is 7.89. The van der Waals surface area contributed by atoms with Crippen LogP contribution in [0.15, 0.2) is 48.5 Å². The number of aliphatic hydroxyl groups is 1. The van der Waals surface area contributed by atoms with E-state index in [9.17, 15) is 18.3 Å². The molecule has 0 unspecified atom stereocenters. The lowest BCUT2D eigenvalue weighted by atomic mass is 9.99. The Kier molecular flexibility index (Phi) is 13.1. The molecule has 0 bridgehead atoms. The highest BCUT2D eigenvalue weighted by Gasteiger charge is 2.25. The van der Waals surface area contributed by atoms with Gasteiger partial charge in [-0.15, -0.1) is 0 Å². The third-order valence-corrected chi connectivity index (χ3v) is 7.96. The summed E-state index contributed by atoms with van der Waals surface area (Å²) < 4.78 is 32.2. The van der Waals surface area contributed by atoms with E-state index in [1.807, 2.05) is 69.3 Å². The van der Waals surface area contributed by atoms with Gasteiger partial charge in [0.05, 0.1) is 25.0 Å². The van der Waals surface area contributed by atoms with Crippen molar-refractivity contribution in [2.75, 3.05) is 32.5 Å². The first-order valence-corrected chi connectivity index (χ1v) is 14.6. The van der Waals surface area contributed by atoms with Crippen LogP contribution in [0, 0.1) is 6.92 Å². The highest BCUT2D eigenvalue weighted by atomic mass is 32.2. The smallest absolute Gasteiger partial charge is 0.221 e. The minimum Gasteiger partial charge on any atom is -0.497 e. The molecule has 0 aromatic heterocycles. The number of carbonyl (C=O) groups excluding carboxylic acids is 1. The second-order valence-corrected chi connectivity index (χ2v) is 11.5. The van der Waals surface area contributed by atoms with Crippen molar-refractivity contribution in [3.63, 3.8) is 0 Å². The van der Waals surface area contributed by atoms with Gasteiger partial charge in [-0.05, 0) is 49.4 Å². The molecule has 0 fully saturated rings. The second-order valence-electron chi connectivity index (χ2n) is 9.38. The third-order valence-electron chi connectivity index (χ3n) is 6.09. The Morgan fingerprint density at radius 1 is 1.05 bits per heavy atom. The first kappa shape index (κ1) is 30.8. The van der Waals surface area contributed by atoms with E-state index in [1.165, 1.54) is 4.31 Å². The molecule has 2 aromatic rings. The van der Waals surface area contributed by atoms with Crippen LogP contribution >= 0.6 is 0 Å². The van der Waals surface area contributed by atoms with Gasteiger partial charge in [0.15, 0.2) is 0 Å². The molecular formula is C28H43N3O5S. The predicted octanol–water partition coefficient (Wildman–Crippen LogP) is 3.02. The number of carbonyl (C=O) groups is 1. The molecular weight excluding hydrogens is 490 g/mol. The zero-order valence-corrected chi connectivity index (χ0v) is 23.4. The number of hydrogen-bond donors (Lipinski definition) is 3. The summed E-state index contributed by atoms with van der Waals surface area (Å²) in [6.45, 7) is 7.55. The Morgan fingerprint density at radius 2 is 1.73 bits per heavy atom. The van der Waals surface area contributed by atoms with Crippen molar-refractivity contribution in [3.05, 3.63) is 65.2 Å². The Morgan fingerprint density at radius 3 is 2.38 bits per heavy atom. The van der Waals surface area contributed by atoms with Crippen molar-refractivity contribution in [1.82, 2.24) is 14.9 Å². The lowest BCUT2D eigenvalue weighted by Gasteiger charge is -2.25. The molecule has 0 aliphatic rings. The Labute approximate surface area is 222 Å². The molecule has 2 aromatic carbocycles. The molecule has 0 saturated heterocycles. The number of rotatable bonds is 17. The summed E-state index contributed by atoms with van der Waals surface area (Å²) in [5, 5.41) is 17.1. The molecule has 206 valence electrons. The van der Waals surface area contributed by atoms with Crippen LogP contribution in [-0.2, 0) is 27.8 Å². The number of aryl methyl sites for hydroxylation is 1. The van der Waals surface area contributed by atoms with E-state index >= 15 is 0 Å². The minimum absolute atomic E-state index is 0.152. The van der Waals surface area contributed by atoms with E-state index in [2.05, 4.69) is 10.6 Å². The fraction of sp³-hybridized carbons (Fsp3) is 0.536. The van der Waals surface area contributed by atoms with Crippen molar-refractivity contribution in [2.45, 2.75) is 65.1 Å². The molecule has 1 amide bonds. The van der Waals surface area contributed by atoms with E-state index in [1.54, 1.807) is 7.11 Å². The maximum absolute atomic E-state index is 12.8. The quantitative estimate of drug-likeness (QED) is 0.289. The zero-order valence-electron chi connectivity index (χ0n) is 22.6. The Balaban J connectivity index is 2.03. The van der Waals surface area contributed by atoms with Gasteiger partial charge in [-0.1, -0.05) is 55.8 Å². The molecule has 37 heavy (non-hydrogen) atoms. The number of nitrogens with one attached hydrogen (secondary N) is 2. The van der Waals surface area contributed by atoms with Gasteiger partial charge >= 0.3 is 0 Å². The number of ether oxygens (including phenoxy) is 1. The van der Waals surface area contributed by atoms with Crippen LogP contribution in [0.5, 0.6) is 5.75 Å². The Bertz CT molecular complexity index is 1070. The summed E-state index contributed by atoms with van der Waals surface area (Å²) in [7, 11) is -1.91. The summed E-state index contributed by atoms with van der Waals surface area (Å²) in [5.74, 6) is 0.122. The number of sulfonamides is 1. The number of nitrogens with zero attached hydrogens (tertiary/aromatic N) is 1. The number of aliphatic hydroxyl groups excluding tert-OH is 1. The molecule has 2 rings (SSSR count). The molecule has 9 heteroatoms. The molecule has 0 heterocycles. The largest absolute Gasteiger partial charge is 0.497 e. The number of methoxy groups -OCH3 is 1. The molecule has 2 atom stereocenters. The summed E-state index contributed by atoms with van der Waals surface area (Å²) in [6, 6.07) is 15.0. The van der Waals surface area contributed by atoms with Crippen molar-refractivity contribution in [2.24, 2.45) is 0 Å². The van der Waals surface area contributed by atoms with Crippen LogP contribution in [0.25, 0.3) is 0 Å². The lowest BCUT2D eigenvalue weighted by Crippen LogP contribution is -2.49. The van der Waals surface area contributed by atoms with Gasteiger partial charge in [-0.2, -0.15) is 0 Å². The number of benzene rings is 2. The highest BCUT2D eigenvalue weighted by Crippen LogP contribution is 2.13. The normalized spacial score (nSPS) is 13.4. The number of hydrogen-bond acceptors (Lipinski definition) is 6. The van der Waals surface area contributed by atoms with Crippen LogP contribution in [0.1, 0.15) is 49.8 Å². The SMILES string of the molecule is CCCN(CCC)S(=O)(=O)CCC(=O)N[C@@H](Cc1cccc(C)c1)[C@H](O)CNCc1cccc(OC)c1. The van der Waals surface area contributed by atoms with Gasteiger partial charge in [0.2, 0.25) is 15.9 Å². The van der Waals surface area contributed by atoms with E-state index in [4.69, 9.17) is 4.74 Å². The first-order chi connectivity index (χ1) is 17.7. The predicted molar refractivity (Wildman–Crippen MR) is 148 cm³/mol. The molecule has 0 aliphatic carbocycles. The molecule has 0 spiro atoms. The Hall–Kier alpha value is -2.46. The summed E-state index contributed by atoms with van der Waals surface area (Å²) >= 11 is 0. The lowest BCUT2D eigenvalue weighted by molar-refractivity contribution is -0.122. The van der Waals surface area contributed by atoms with E-state index < -0.39 is 22.2 Å². The van der Waals surface area contributed by atoms with Gasteiger partial charge in [0, 0.05) is 32.6 Å². The van der Waals surface area contributed by atoms with Crippen LogP contribution in [-0.4, -0.2) is 68.4 Å². The standard InChI is InChI=1S/C28H43N3O5S/c1-5-14-31(15-6-2)37(34,35)16-13-28(33)30-26(19-23-10-7-9-22(3)17-23)27(32)21-29-20-24-11-8-12-25(18-24)36-4/h7-12,17-18,26-27,29,32H,5-6,13-16,19-21H2,1-4H3,(H,30,33)/t26-,27+/m0/s1. The van der Waals surface area contributed by atoms with Crippen LogP contribution in [0.2, 0.25) is 0 Å². The summed E-state index contributed by atoms with van der Waals surface area (Å²) in [4.78, 5) is 12.8. The third kappa shape index (κ3) is 10.8. The average Bonchev–Trinajstić information content (AvgIpc) is 2.87. The van der Waals surface area contributed by atoms with Gasteiger partial charge in [0.25, 0.3) is 0 Å². The molecule has 8 nitrogen and oxygen atoms in total. The summed E-state index contributed by atoms with van der Waals surface area (Å²) in [6.07, 6.45) is 0.849. The van der Waals surface area contributed by atoms with Crippen LogP contribution in [0.3, 0.4) is 0 Å². The maximum atomic E-state index is 12.8. The molecule has 3 N–H and O–H groups in total. The van der Waals surface area contributed by atoms with Crippen molar-refractivity contribution < 1.29 is 23.1 Å². The zero-order chi connectivity index (χ0) is 27.3. The van der Waals surface area contributed by atoms with Crippen LogP contribution in [0.4, 0.5) is 0 Å². The number of amides is 1.